The Morgan fingerprint density at radius 1 is 1.12 bits per heavy atom. The molecule has 1 fully saturated rings. The molecule has 0 amide bonds. The predicted octanol–water partition coefficient (Wildman–Crippen LogP) is 4.77. The molecule has 4 N–H and O–H groups in total. The number of aromatic nitrogens is 2. The number of anilines is 2. The summed E-state index contributed by atoms with van der Waals surface area (Å²) >= 11 is 0. The van der Waals surface area contributed by atoms with Gasteiger partial charge in [-0.25, -0.2) is 9.37 Å². The van der Waals surface area contributed by atoms with Gasteiger partial charge in [-0.1, -0.05) is 12.1 Å². The number of halogens is 1. The van der Waals surface area contributed by atoms with Crippen molar-refractivity contribution in [1.82, 2.24) is 9.97 Å². The van der Waals surface area contributed by atoms with Crippen molar-refractivity contribution in [2.45, 2.75) is 18.9 Å². The van der Waals surface area contributed by atoms with Crippen LogP contribution in [-0.2, 0) is 6.42 Å². The Morgan fingerprint density at radius 2 is 1.97 bits per heavy atom. The number of aromatic amines is 1. The number of nitrogens with zero attached hydrogens (tertiary/aromatic N) is 1. The molecule has 2 unspecified atom stereocenters. The van der Waals surface area contributed by atoms with Gasteiger partial charge in [0, 0.05) is 36.0 Å². The van der Waals surface area contributed by atoms with E-state index in [4.69, 9.17) is 19.9 Å². The van der Waals surface area contributed by atoms with Gasteiger partial charge in [-0.15, -0.1) is 0 Å². The highest BCUT2D eigenvalue weighted by molar-refractivity contribution is 5.81. The number of nitrogen functional groups attached to an aromatic ring is 1. The van der Waals surface area contributed by atoms with Crippen molar-refractivity contribution < 1.29 is 18.6 Å². The first-order valence-corrected chi connectivity index (χ1v) is 11.2. The number of methoxy groups -OCH3 is 2. The standard InChI is InChI=1S/C26H27FN4O3/c1-32-18-10-19-16(12-29-26(19)30-13-18)7-15-9-24(33-2)25(11-20(15)27)34-14-17-8-23(17)31-22-6-4-3-5-21(22)28/h3-6,9-13,17,23,31H,7-8,14,28H2,1-2H3,(H,29,30). The number of ether oxygens (including phenoxy) is 3. The first-order chi connectivity index (χ1) is 16.6. The van der Waals surface area contributed by atoms with Crippen LogP contribution in [0.3, 0.4) is 0 Å². The van der Waals surface area contributed by atoms with Crippen LogP contribution >= 0.6 is 0 Å². The third kappa shape index (κ3) is 4.44. The second-order valence-electron chi connectivity index (χ2n) is 8.50. The molecule has 0 spiro atoms. The summed E-state index contributed by atoms with van der Waals surface area (Å²) in [6.45, 7) is 0.466. The van der Waals surface area contributed by atoms with E-state index in [0.29, 0.717) is 41.8 Å². The molecule has 34 heavy (non-hydrogen) atoms. The summed E-state index contributed by atoms with van der Waals surface area (Å²) in [5, 5.41) is 4.33. The SMILES string of the molecule is COc1cnc2[nH]cc(Cc3cc(OC)c(OCC4CC4Nc4ccccc4N)cc3F)c2c1. The van der Waals surface area contributed by atoms with Crippen LogP contribution in [0.1, 0.15) is 17.5 Å². The van der Waals surface area contributed by atoms with E-state index in [1.54, 1.807) is 26.5 Å². The van der Waals surface area contributed by atoms with Crippen molar-refractivity contribution in [3.05, 3.63) is 71.8 Å². The molecule has 0 bridgehead atoms. The van der Waals surface area contributed by atoms with Crippen LogP contribution in [0.25, 0.3) is 11.0 Å². The zero-order chi connectivity index (χ0) is 23.7. The van der Waals surface area contributed by atoms with E-state index >= 15 is 4.39 Å². The average molecular weight is 463 g/mol. The van der Waals surface area contributed by atoms with Crippen molar-refractivity contribution in [3.63, 3.8) is 0 Å². The second-order valence-corrected chi connectivity index (χ2v) is 8.50. The van der Waals surface area contributed by atoms with Crippen LogP contribution in [0.5, 0.6) is 17.2 Å². The van der Waals surface area contributed by atoms with Crippen molar-refractivity contribution in [2.75, 3.05) is 31.9 Å². The van der Waals surface area contributed by atoms with Crippen molar-refractivity contribution >= 4 is 22.4 Å². The number of benzene rings is 2. The van der Waals surface area contributed by atoms with E-state index < -0.39 is 0 Å². The minimum atomic E-state index is -0.344. The fourth-order valence-corrected chi connectivity index (χ4v) is 4.12. The highest BCUT2D eigenvalue weighted by Crippen LogP contribution is 2.38. The van der Waals surface area contributed by atoms with Gasteiger partial charge in [0.2, 0.25) is 0 Å². The van der Waals surface area contributed by atoms with E-state index in [9.17, 15) is 0 Å². The zero-order valence-electron chi connectivity index (χ0n) is 19.1. The van der Waals surface area contributed by atoms with Gasteiger partial charge < -0.3 is 30.2 Å². The number of nitrogens with two attached hydrogens (primary N) is 1. The lowest BCUT2D eigenvalue weighted by Gasteiger charge is -2.14. The fraction of sp³-hybridized carbons (Fsp3) is 0.269. The maximum absolute atomic E-state index is 15.0. The molecule has 2 heterocycles. The lowest BCUT2D eigenvalue weighted by Crippen LogP contribution is -2.11. The molecule has 1 aliphatic rings. The van der Waals surface area contributed by atoms with E-state index in [-0.39, 0.29) is 11.9 Å². The molecule has 2 aromatic carbocycles. The van der Waals surface area contributed by atoms with Crippen LogP contribution < -0.4 is 25.3 Å². The number of fused-ring (bicyclic) bond motifs is 1. The van der Waals surface area contributed by atoms with Gasteiger partial charge in [0.1, 0.15) is 17.2 Å². The largest absolute Gasteiger partial charge is 0.495 e. The molecular weight excluding hydrogens is 435 g/mol. The quantitative estimate of drug-likeness (QED) is 0.310. The summed E-state index contributed by atoms with van der Waals surface area (Å²) in [6.07, 6.45) is 4.83. The smallest absolute Gasteiger partial charge is 0.164 e. The van der Waals surface area contributed by atoms with E-state index in [1.165, 1.54) is 6.07 Å². The van der Waals surface area contributed by atoms with Crippen molar-refractivity contribution in [3.8, 4) is 17.2 Å². The molecule has 1 aliphatic carbocycles. The third-order valence-corrected chi connectivity index (χ3v) is 6.22. The number of hydrogen-bond donors (Lipinski definition) is 3. The van der Waals surface area contributed by atoms with Gasteiger partial charge in [0.15, 0.2) is 11.5 Å². The summed E-state index contributed by atoms with van der Waals surface area (Å²) in [6, 6.07) is 13.0. The Hall–Kier alpha value is -3.94. The maximum Gasteiger partial charge on any atom is 0.164 e. The Labute approximate surface area is 197 Å². The van der Waals surface area contributed by atoms with Gasteiger partial charge in [-0.2, -0.15) is 0 Å². The van der Waals surface area contributed by atoms with Gasteiger partial charge in [0.05, 0.1) is 38.4 Å². The number of hydrogen-bond acceptors (Lipinski definition) is 6. The minimum Gasteiger partial charge on any atom is -0.495 e. The van der Waals surface area contributed by atoms with Crippen LogP contribution in [0.15, 0.2) is 54.9 Å². The lowest BCUT2D eigenvalue weighted by atomic mass is 10.0. The normalized spacial score (nSPS) is 16.9. The average Bonchev–Trinajstić information content (AvgIpc) is 3.48. The molecule has 4 aromatic rings. The van der Waals surface area contributed by atoms with Gasteiger partial charge in [0.25, 0.3) is 0 Å². The monoisotopic (exact) mass is 462 g/mol. The van der Waals surface area contributed by atoms with Crippen molar-refractivity contribution in [2.24, 2.45) is 5.92 Å². The predicted molar refractivity (Wildman–Crippen MR) is 130 cm³/mol. The number of pyridine rings is 1. The van der Waals surface area contributed by atoms with Crippen LogP contribution in [0.2, 0.25) is 0 Å². The van der Waals surface area contributed by atoms with E-state index in [2.05, 4.69) is 15.3 Å². The van der Waals surface area contributed by atoms with E-state index in [1.807, 2.05) is 36.5 Å². The Bertz CT molecular complexity index is 1320. The molecular formula is C26H27FN4O3. The Morgan fingerprint density at radius 3 is 2.76 bits per heavy atom. The first-order valence-electron chi connectivity index (χ1n) is 11.2. The molecule has 5 rings (SSSR count). The molecule has 0 aliphatic heterocycles. The highest BCUT2D eigenvalue weighted by Gasteiger charge is 2.38. The Kier molecular flexibility index (Phi) is 5.88. The molecule has 2 atom stereocenters. The van der Waals surface area contributed by atoms with E-state index in [0.717, 1.165) is 34.4 Å². The molecule has 1 saturated carbocycles. The fourth-order valence-electron chi connectivity index (χ4n) is 4.12. The summed E-state index contributed by atoms with van der Waals surface area (Å²) in [5.41, 5.74) is 9.81. The maximum atomic E-state index is 15.0. The first kappa shape index (κ1) is 21.9. The lowest BCUT2D eigenvalue weighted by molar-refractivity contribution is 0.277. The molecule has 7 nitrogen and oxygen atoms in total. The molecule has 0 radical (unpaired) electrons. The second kappa shape index (κ2) is 9.13. The summed E-state index contributed by atoms with van der Waals surface area (Å²) < 4.78 is 31.8. The minimum absolute atomic E-state index is 0.285. The number of nitrogens with one attached hydrogen (secondary N) is 2. The zero-order valence-corrected chi connectivity index (χ0v) is 19.1. The summed E-state index contributed by atoms with van der Waals surface area (Å²) in [4.78, 5) is 7.46. The third-order valence-electron chi connectivity index (χ3n) is 6.22. The number of para-hydroxylation sites is 2. The van der Waals surface area contributed by atoms with Gasteiger partial charge in [-0.05, 0) is 41.8 Å². The van der Waals surface area contributed by atoms with Crippen LogP contribution in [0.4, 0.5) is 15.8 Å². The van der Waals surface area contributed by atoms with Crippen LogP contribution in [0, 0.1) is 11.7 Å². The van der Waals surface area contributed by atoms with Crippen LogP contribution in [-0.4, -0.2) is 36.8 Å². The molecule has 8 heteroatoms. The van der Waals surface area contributed by atoms with Gasteiger partial charge >= 0.3 is 0 Å². The molecule has 2 aromatic heterocycles. The highest BCUT2D eigenvalue weighted by atomic mass is 19.1. The number of rotatable bonds is 9. The number of H-pyrrole nitrogens is 1. The topological polar surface area (TPSA) is 94.4 Å². The van der Waals surface area contributed by atoms with Gasteiger partial charge in [-0.3, -0.25) is 0 Å². The molecule has 176 valence electrons. The van der Waals surface area contributed by atoms with Crippen molar-refractivity contribution in [1.29, 1.82) is 0 Å². The summed E-state index contributed by atoms with van der Waals surface area (Å²) in [7, 11) is 3.15. The Balaban J connectivity index is 1.27. The molecule has 0 saturated heterocycles. The summed E-state index contributed by atoms with van der Waals surface area (Å²) in [5.74, 6) is 1.53.